The summed E-state index contributed by atoms with van der Waals surface area (Å²) >= 11 is 1.10. The molecule has 0 bridgehead atoms. The molecule has 206 valence electrons. The van der Waals surface area contributed by atoms with Gasteiger partial charge in [-0.2, -0.15) is 4.31 Å². The van der Waals surface area contributed by atoms with Crippen molar-refractivity contribution in [1.29, 1.82) is 0 Å². The summed E-state index contributed by atoms with van der Waals surface area (Å²) in [4.78, 5) is 33.0. The molecule has 1 atom stereocenters. The number of aromatic nitrogens is 2. The van der Waals surface area contributed by atoms with Crippen molar-refractivity contribution in [2.45, 2.75) is 55.6 Å². The largest absolute Gasteiger partial charge is 0.478 e. The van der Waals surface area contributed by atoms with Crippen LogP contribution in [0.25, 0.3) is 0 Å². The second-order valence-corrected chi connectivity index (χ2v) is 12.3. The Hall–Kier alpha value is -3.39. The number of carbonyl (C=O) groups is 2. The van der Waals surface area contributed by atoms with Crippen LogP contribution in [0.1, 0.15) is 60.7 Å². The van der Waals surface area contributed by atoms with Crippen LogP contribution in [0.5, 0.6) is 10.8 Å². The molecule has 2 fully saturated rings. The number of nitrogens with one attached hydrogen (secondary N) is 1. The Morgan fingerprint density at radius 2 is 1.72 bits per heavy atom. The maximum absolute atomic E-state index is 13.3. The Morgan fingerprint density at radius 3 is 2.36 bits per heavy atom. The first kappa shape index (κ1) is 27.2. The van der Waals surface area contributed by atoms with Gasteiger partial charge in [0.15, 0.2) is 11.2 Å². The lowest BCUT2D eigenvalue weighted by Gasteiger charge is -2.21. The van der Waals surface area contributed by atoms with E-state index in [4.69, 9.17) is 14.6 Å². The van der Waals surface area contributed by atoms with Crippen molar-refractivity contribution in [1.82, 2.24) is 14.3 Å². The topological polar surface area (TPSA) is 148 Å². The zero-order chi connectivity index (χ0) is 27.4. The highest BCUT2D eigenvalue weighted by molar-refractivity contribution is 7.89. The number of anilines is 1. The molecule has 0 radical (unpaired) electrons. The molecule has 1 aromatic carbocycles. The third kappa shape index (κ3) is 6.44. The van der Waals surface area contributed by atoms with E-state index in [-0.39, 0.29) is 21.7 Å². The minimum atomic E-state index is -3.62. The van der Waals surface area contributed by atoms with Gasteiger partial charge in [-0.3, -0.25) is 15.1 Å². The molecule has 3 heterocycles. The van der Waals surface area contributed by atoms with Gasteiger partial charge in [-0.1, -0.05) is 24.2 Å². The summed E-state index contributed by atoms with van der Waals surface area (Å²) in [5, 5.41) is 12.5. The normalized spacial score (nSPS) is 17.2. The number of thiazole rings is 1. The summed E-state index contributed by atoms with van der Waals surface area (Å²) in [6.07, 6.45) is 6.96. The van der Waals surface area contributed by atoms with Crippen molar-refractivity contribution in [3.63, 3.8) is 0 Å². The third-order valence-corrected chi connectivity index (χ3v) is 9.31. The molecule has 1 aliphatic heterocycles. The molecule has 0 spiro atoms. The van der Waals surface area contributed by atoms with Crippen LogP contribution in [0.15, 0.2) is 53.7 Å². The Bertz CT molecular complexity index is 1410. The summed E-state index contributed by atoms with van der Waals surface area (Å²) in [5.41, 5.74) is 0.453. The molecule has 3 aromatic rings. The van der Waals surface area contributed by atoms with Crippen LogP contribution >= 0.6 is 11.3 Å². The van der Waals surface area contributed by atoms with E-state index in [9.17, 15) is 18.0 Å². The number of pyridine rings is 1. The van der Waals surface area contributed by atoms with Gasteiger partial charge in [0, 0.05) is 19.3 Å². The maximum Gasteiger partial charge on any atom is 0.335 e. The quantitative estimate of drug-likeness (QED) is 0.359. The Balaban J connectivity index is 1.29. The van der Waals surface area contributed by atoms with Crippen molar-refractivity contribution >= 4 is 38.4 Å². The molecule has 11 nitrogen and oxygen atoms in total. The molecule has 1 unspecified atom stereocenters. The number of benzene rings is 1. The molecule has 1 saturated carbocycles. The first-order chi connectivity index (χ1) is 18.8. The minimum Gasteiger partial charge on any atom is -0.478 e. The van der Waals surface area contributed by atoms with Crippen molar-refractivity contribution in [2.24, 2.45) is 0 Å². The number of hydrogen-bond donors (Lipinski definition) is 2. The number of rotatable bonds is 10. The average Bonchev–Trinajstić information content (AvgIpc) is 3.72. The average molecular weight is 573 g/mol. The molecule has 1 aliphatic carbocycles. The first-order valence-corrected chi connectivity index (χ1v) is 14.9. The Labute approximate surface area is 229 Å². The van der Waals surface area contributed by atoms with Crippen molar-refractivity contribution < 1.29 is 32.6 Å². The number of carbonyl (C=O) groups excluding carboxylic acids is 1. The molecular weight excluding hydrogens is 544 g/mol. The van der Waals surface area contributed by atoms with Crippen molar-refractivity contribution in [3.8, 4) is 10.8 Å². The second kappa shape index (κ2) is 11.8. The van der Waals surface area contributed by atoms with Crippen molar-refractivity contribution in [2.75, 3.05) is 18.4 Å². The molecule has 13 heteroatoms. The number of aromatic carboxylic acids is 1. The van der Waals surface area contributed by atoms with E-state index in [2.05, 4.69) is 15.3 Å². The summed E-state index contributed by atoms with van der Waals surface area (Å²) in [5.74, 6) is -1.08. The van der Waals surface area contributed by atoms with Crippen LogP contribution < -0.4 is 10.1 Å². The van der Waals surface area contributed by atoms with E-state index in [0.29, 0.717) is 29.6 Å². The molecule has 39 heavy (non-hydrogen) atoms. The summed E-state index contributed by atoms with van der Waals surface area (Å²) in [6, 6.07) is 8.93. The number of carboxylic acid groups (broad SMARTS) is 1. The van der Waals surface area contributed by atoms with Gasteiger partial charge in [0.1, 0.15) is 10.6 Å². The fraction of sp³-hybridized carbons (Fsp3) is 0.385. The van der Waals surface area contributed by atoms with Gasteiger partial charge in [-0.05, 0) is 62.1 Å². The summed E-state index contributed by atoms with van der Waals surface area (Å²) in [6.45, 7) is 0.986. The molecular formula is C26H28N4O7S2. The van der Waals surface area contributed by atoms with E-state index in [1.807, 2.05) is 0 Å². The smallest absolute Gasteiger partial charge is 0.335 e. The van der Waals surface area contributed by atoms with E-state index < -0.39 is 28.0 Å². The van der Waals surface area contributed by atoms with E-state index >= 15 is 0 Å². The van der Waals surface area contributed by atoms with Crippen LogP contribution in [-0.2, 0) is 19.6 Å². The van der Waals surface area contributed by atoms with E-state index in [0.717, 1.165) is 49.9 Å². The number of ether oxygens (including phenoxy) is 2. The van der Waals surface area contributed by atoms with Crippen LogP contribution in [-0.4, -0.2) is 58.9 Å². The van der Waals surface area contributed by atoms with Crippen LogP contribution in [0.2, 0.25) is 0 Å². The van der Waals surface area contributed by atoms with Gasteiger partial charge in [-0.25, -0.2) is 18.2 Å². The fourth-order valence-electron chi connectivity index (χ4n) is 4.58. The molecule has 2 aromatic heterocycles. The predicted molar refractivity (Wildman–Crippen MR) is 143 cm³/mol. The van der Waals surface area contributed by atoms with Gasteiger partial charge < -0.3 is 14.6 Å². The molecule has 5 rings (SSSR count). The number of sulfonamides is 1. The highest BCUT2D eigenvalue weighted by atomic mass is 32.2. The second-order valence-electron chi connectivity index (χ2n) is 9.36. The Kier molecular flexibility index (Phi) is 8.21. The van der Waals surface area contributed by atoms with Crippen LogP contribution in [0.3, 0.4) is 0 Å². The number of nitrogens with zero attached hydrogens (tertiary/aromatic N) is 3. The SMILES string of the molecule is O=C(O)c1ccc(Oc2cnc(NC(=O)C(OC3CCCC3)c3ccc(S(=O)(=O)N4CCCC4)cn3)s2)cc1. The van der Waals surface area contributed by atoms with Crippen molar-refractivity contribution in [3.05, 3.63) is 60.0 Å². The summed E-state index contributed by atoms with van der Waals surface area (Å²) < 4.78 is 39.1. The lowest BCUT2D eigenvalue weighted by Crippen LogP contribution is -2.29. The van der Waals surface area contributed by atoms with Gasteiger partial charge in [0.05, 0.1) is 23.6 Å². The minimum absolute atomic E-state index is 0.0891. The zero-order valence-electron chi connectivity index (χ0n) is 21.0. The third-order valence-electron chi connectivity index (χ3n) is 6.63. The highest BCUT2D eigenvalue weighted by Gasteiger charge is 2.31. The van der Waals surface area contributed by atoms with E-state index in [1.165, 1.54) is 53.1 Å². The monoisotopic (exact) mass is 572 g/mol. The van der Waals surface area contributed by atoms with Crippen LogP contribution in [0.4, 0.5) is 5.13 Å². The lowest BCUT2D eigenvalue weighted by molar-refractivity contribution is -0.132. The van der Waals surface area contributed by atoms with Gasteiger partial charge in [0.2, 0.25) is 15.1 Å². The lowest BCUT2D eigenvalue weighted by atomic mass is 10.2. The Morgan fingerprint density at radius 1 is 1.00 bits per heavy atom. The number of amides is 1. The molecule has 1 amide bonds. The van der Waals surface area contributed by atoms with Gasteiger partial charge in [-0.15, -0.1) is 0 Å². The zero-order valence-corrected chi connectivity index (χ0v) is 22.6. The molecule has 2 N–H and O–H groups in total. The highest BCUT2D eigenvalue weighted by Crippen LogP contribution is 2.33. The summed E-state index contributed by atoms with van der Waals surface area (Å²) in [7, 11) is -3.62. The molecule has 2 aliphatic rings. The fourth-order valence-corrected chi connectivity index (χ4v) is 6.73. The predicted octanol–water partition coefficient (Wildman–Crippen LogP) is 4.45. The van der Waals surface area contributed by atoms with E-state index in [1.54, 1.807) is 0 Å². The first-order valence-electron chi connectivity index (χ1n) is 12.7. The number of hydrogen-bond acceptors (Lipinski definition) is 9. The van der Waals surface area contributed by atoms with Gasteiger partial charge >= 0.3 is 5.97 Å². The van der Waals surface area contributed by atoms with Gasteiger partial charge in [0.25, 0.3) is 5.91 Å². The number of carboxylic acids is 1. The standard InChI is InChI=1S/C26H28N4O7S2/c31-24(29-26-28-16-22(38-26)36-19-9-7-17(8-10-19)25(32)33)23(37-18-5-1-2-6-18)21-12-11-20(15-27-21)39(34,35)30-13-3-4-14-30/h7-12,15-16,18,23H,1-6,13-14H2,(H,32,33)(H,28,29,31). The maximum atomic E-state index is 13.3. The van der Waals surface area contributed by atoms with Crippen LogP contribution in [0, 0.1) is 0 Å². The molecule has 1 saturated heterocycles.